The van der Waals surface area contributed by atoms with Gasteiger partial charge in [0.15, 0.2) is 17.5 Å². The van der Waals surface area contributed by atoms with E-state index < -0.39 is 11.6 Å². The molecule has 0 aliphatic heterocycles. The third-order valence-electron chi connectivity index (χ3n) is 4.35. The zero-order valence-electron chi connectivity index (χ0n) is 14.8. The van der Waals surface area contributed by atoms with Gasteiger partial charge in [0.2, 0.25) is 0 Å². The van der Waals surface area contributed by atoms with E-state index in [1.54, 1.807) is 41.5 Å². The molecule has 0 amide bonds. The van der Waals surface area contributed by atoms with Crippen LogP contribution in [0.4, 0.5) is 14.6 Å². The van der Waals surface area contributed by atoms with Crippen LogP contribution in [0.5, 0.6) is 0 Å². The van der Waals surface area contributed by atoms with Crippen LogP contribution in [0.3, 0.4) is 0 Å². The molecule has 4 aromatic rings. The molecule has 28 heavy (non-hydrogen) atoms. The molecule has 0 radical (unpaired) electrons. The average Bonchev–Trinajstić information content (AvgIpc) is 3.13. The number of nitrogens with zero attached hydrogens (tertiary/aromatic N) is 5. The summed E-state index contributed by atoms with van der Waals surface area (Å²) in [6.45, 7) is 1.82. The molecule has 1 atom stereocenters. The van der Waals surface area contributed by atoms with Crippen molar-refractivity contribution in [3.05, 3.63) is 77.9 Å². The summed E-state index contributed by atoms with van der Waals surface area (Å²) >= 11 is 0. The first-order valence-corrected chi connectivity index (χ1v) is 8.46. The molecule has 0 bridgehead atoms. The molecule has 2 aromatic carbocycles. The number of hydrogen-bond donors (Lipinski definition) is 1. The fourth-order valence-corrected chi connectivity index (χ4v) is 2.89. The summed E-state index contributed by atoms with van der Waals surface area (Å²) in [7, 11) is 0. The fourth-order valence-electron chi connectivity index (χ4n) is 2.89. The van der Waals surface area contributed by atoms with Crippen molar-refractivity contribution in [1.29, 1.82) is 5.26 Å². The van der Waals surface area contributed by atoms with Crippen LogP contribution in [-0.2, 0) is 0 Å². The molecule has 0 spiro atoms. The second-order valence-electron chi connectivity index (χ2n) is 6.23. The maximum Gasteiger partial charge on any atom is 0.159 e. The molecule has 138 valence electrons. The number of rotatable bonds is 4. The van der Waals surface area contributed by atoms with Crippen molar-refractivity contribution in [2.75, 3.05) is 5.32 Å². The van der Waals surface area contributed by atoms with E-state index in [1.165, 1.54) is 6.07 Å². The lowest BCUT2D eigenvalue weighted by Gasteiger charge is -2.15. The molecule has 8 heteroatoms. The summed E-state index contributed by atoms with van der Waals surface area (Å²) in [5, 5.41) is 12.1. The molecule has 1 N–H and O–H groups in total. The fraction of sp³-hybridized carbons (Fsp3) is 0.100. The highest BCUT2D eigenvalue weighted by molar-refractivity contribution is 5.78. The zero-order chi connectivity index (χ0) is 19.7. The number of halogens is 2. The van der Waals surface area contributed by atoms with E-state index in [9.17, 15) is 8.78 Å². The van der Waals surface area contributed by atoms with Gasteiger partial charge in [-0.15, -0.1) is 0 Å². The van der Waals surface area contributed by atoms with Crippen LogP contribution in [0.2, 0.25) is 0 Å². The highest BCUT2D eigenvalue weighted by atomic mass is 19.2. The predicted molar refractivity (Wildman–Crippen MR) is 99.8 cm³/mol. The van der Waals surface area contributed by atoms with Gasteiger partial charge < -0.3 is 5.32 Å². The maximum atomic E-state index is 13.5. The number of fused-ring (bicyclic) bond motifs is 1. The zero-order valence-corrected chi connectivity index (χ0v) is 14.8. The number of hydrogen-bond acceptors (Lipinski definition) is 5. The van der Waals surface area contributed by atoms with Crippen LogP contribution in [-0.4, -0.2) is 19.5 Å². The van der Waals surface area contributed by atoms with Crippen molar-refractivity contribution >= 4 is 16.9 Å². The molecule has 0 saturated heterocycles. The van der Waals surface area contributed by atoms with Gasteiger partial charge in [0.05, 0.1) is 41.1 Å². The van der Waals surface area contributed by atoms with Crippen molar-refractivity contribution in [3.8, 4) is 11.9 Å². The van der Waals surface area contributed by atoms with E-state index in [1.807, 2.05) is 6.92 Å². The Hall–Kier alpha value is -3.86. The van der Waals surface area contributed by atoms with E-state index in [0.29, 0.717) is 28.3 Å². The second kappa shape index (κ2) is 7.04. The standard InChI is InChI=1S/C20H14F2N6/c1-12(14-3-4-15(21)16(22)7-14)26-19-9-24-10-20(27-19)28-11-25-17-6-13(8-23)2-5-18(17)28/h2-7,9-12H,1H3,(H,26,27). The Morgan fingerprint density at radius 1 is 1.11 bits per heavy atom. The van der Waals surface area contributed by atoms with Crippen LogP contribution >= 0.6 is 0 Å². The molecule has 0 aliphatic rings. The van der Waals surface area contributed by atoms with E-state index in [4.69, 9.17) is 5.26 Å². The van der Waals surface area contributed by atoms with E-state index in [2.05, 4.69) is 26.3 Å². The Labute approximate surface area is 159 Å². The minimum Gasteiger partial charge on any atom is -0.362 e. The van der Waals surface area contributed by atoms with Crippen molar-refractivity contribution < 1.29 is 8.78 Å². The van der Waals surface area contributed by atoms with Crippen LogP contribution in [0.25, 0.3) is 16.9 Å². The lowest BCUT2D eigenvalue weighted by Crippen LogP contribution is -2.10. The summed E-state index contributed by atoms with van der Waals surface area (Å²) in [5.74, 6) is -0.767. The van der Waals surface area contributed by atoms with Gasteiger partial charge in [0, 0.05) is 0 Å². The lowest BCUT2D eigenvalue weighted by atomic mass is 10.1. The topological polar surface area (TPSA) is 79.4 Å². The molecule has 2 aromatic heterocycles. The molecular weight excluding hydrogens is 362 g/mol. The molecule has 4 rings (SSSR count). The van der Waals surface area contributed by atoms with Crippen molar-refractivity contribution in [2.45, 2.75) is 13.0 Å². The van der Waals surface area contributed by atoms with Gasteiger partial charge in [-0.1, -0.05) is 6.07 Å². The third-order valence-corrected chi connectivity index (χ3v) is 4.35. The third kappa shape index (κ3) is 3.25. The van der Waals surface area contributed by atoms with Crippen LogP contribution in [0.1, 0.15) is 24.1 Å². The monoisotopic (exact) mass is 376 g/mol. The summed E-state index contributed by atoms with van der Waals surface area (Å²) in [6.07, 6.45) is 4.75. The highest BCUT2D eigenvalue weighted by Gasteiger charge is 2.12. The smallest absolute Gasteiger partial charge is 0.159 e. The molecule has 6 nitrogen and oxygen atoms in total. The predicted octanol–water partition coefficient (Wildman–Crippen LogP) is 4.14. The Morgan fingerprint density at radius 2 is 1.96 bits per heavy atom. The number of nitriles is 1. The van der Waals surface area contributed by atoms with Crippen molar-refractivity contribution in [3.63, 3.8) is 0 Å². The largest absolute Gasteiger partial charge is 0.362 e. The van der Waals surface area contributed by atoms with Crippen LogP contribution in [0.15, 0.2) is 55.1 Å². The van der Waals surface area contributed by atoms with Gasteiger partial charge in [0.1, 0.15) is 12.1 Å². The first-order valence-electron chi connectivity index (χ1n) is 8.46. The van der Waals surface area contributed by atoms with Gasteiger partial charge >= 0.3 is 0 Å². The van der Waals surface area contributed by atoms with Gasteiger partial charge in [-0.2, -0.15) is 5.26 Å². The van der Waals surface area contributed by atoms with Gasteiger partial charge in [-0.3, -0.25) is 9.55 Å². The van der Waals surface area contributed by atoms with Crippen LogP contribution in [0, 0.1) is 23.0 Å². The van der Waals surface area contributed by atoms with Crippen molar-refractivity contribution in [2.24, 2.45) is 0 Å². The Kier molecular flexibility index (Phi) is 4.41. The molecule has 0 fully saturated rings. The van der Waals surface area contributed by atoms with E-state index in [-0.39, 0.29) is 6.04 Å². The molecule has 2 heterocycles. The first kappa shape index (κ1) is 17.5. The van der Waals surface area contributed by atoms with Crippen molar-refractivity contribution in [1.82, 2.24) is 19.5 Å². The summed E-state index contributed by atoms with van der Waals surface area (Å²) in [6, 6.07) is 10.8. The maximum absolute atomic E-state index is 13.5. The second-order valence-corrected chi connectivity index (χ2v) is 6.23. The lowest BCUT2D eigenvalue weighted by molar-refractivity contribution is 0.506. The average molecular weight is 376 g/mol. The van der Waals surface area contributed by atoms with Gasteiger partial charge in [-0.05, 0) is 42.8 Å². The van der Waals surface area contributed by atoms with Gasteiger partial charge in [-0.25, -0.2) is 18.7 Å². The summed E-state index contributed by atoms with van der Waals surface area (Å²) in [5.41, 5.74) is 2.58. The highest BCUT2D eigenvalue weighted by Crippen LogP contribution is 2.22. The SMILES string of the molecule is CC(Nc1cncc(-n2cnc3cc(C#N)ccc32)n1)c1ccc(F)c(F)c1. The minimum atomic E-state index is -0.896. The number of benzene rings is 2. The van der Waals surface area contributed by atoms with Crippen LogP contribution < -0.4 is 5.32 Å². The molecule has 0 saturated carbocycles. The number of aromatic nitrogens is 4. The van der Waals surface area contributed by atoms with E-state index in [0.717, 1.165) is 17.6 Å². The van der Waals surface area contributed by atoms with E-state index >= 15 is 0 Å². The molecule has 1 unspecified atom stereocenters. The number of nitrogens with one attached hydrogen (secondary N) is 1. The Morgan fingerprint density at radius 3 is 2.75 bits per heavy atom. The molecular formula is C20H14F2N6. The quantitative estimate of drug-likeness (QED) is 0.579. The number of imidazole rings is 1. The first-order chi connectivity index (χ1) is 13.5. The minimum absolute atomic E-state index is 0.308. The Bertz CT molecular complexity index is 1210. The molecule has 0 aliphatic carbocycles. The normalized spacial score (nSPS) is 11.9. The van der Waals surface area contributed by atoms with Gasteiger partial charge in [0.25, 0.3) is 0 Å². The Balaban J connectivity index is 1.63. The number of anilines is 1. The summed E-state index contributed by atoms with van der Waals surface area (Å²) in [4.78, 5) is 13.0. The summed E-state index contributed by atoms with van der Waals surface area (Å²) < 4.78 is 28.4.